The molecule has 0 atom stereocenters. The van der Waals surface area contributed by atoms with Crippen LogP contribution in [0.2, 0.25) is 0 Å². The molecule has 0 unspecified atom stereocenters. The summed E-state index contributed by atoms with van der Waals surface area (Å²) in [4.78, 5) is 20.0. The van der Waals surface area contributed by atoms with E-state index in [9.17, 15) is 4.79 Å². The van der Waals surface area contributed by atoms with Gasteiger partial charge in [-0.2, -0.15) is 0 Å². The van der Waals surface area contributed by atoms with Gasteiger partial charge < -0.3 is 9.64 Å². The fraction of sp³-hybridized carbons (Fsp3) is 0.500. The summed E-state index contributed by atoms with van der Waals surface area (Å²) in [7, 11) is 5.18. The maximum atomic E-state index is 11.4. The largest absolute Gasteiger partial charge is 0.378 e. The van der Waals surface area contributed by atoms with Gasteiger partial charge in [-0.05, 0) is 15.9 Å². The maximum Gasteiger partial charge on any atom is 0.266 e. The molecule has 0 aromatic carbocycles. The molecule has 0 aliphatic carbocycles. The highest BCUT2D eigenvalue weighted by Crippen LogP contribution is 2.12. The van der Waals surface area contributed by atoms with E-state index in [1.165, 1.54) is 0 Å². The Morgan fingerprint density at radius 2 is 2.21 bits per heavy atom. The van der Waals surface area contributed by atoms with Gasteiger partial charge in [0.2, 0.25) is 5.95 Å². The van der Waals surface area contributed by atoms with Gasteiger partial charge in [0.25, 0.3) is 5.56 Å². The number of aromatic nitrogens is 2. The van der Waals surface area contributed by atoms with Crippen LogP contribution in [0.3, 0.4) is 0 Å². The number of hydrogen-bond acceptors (Lipinski definition) is 4. The van der Waals surface area contributed by atoms with E-state index in [0.717, 1.165) is 0 Å². The Labute approximate surface area is 90.2 Å². The molecule has 6 heteroatoms. The van der Waals surface area contributed by atoms with Crippen LogP contribution in [0.25, 0.3) is 0 Å². The Morgan fingerprint density at radius 3 is 2.71 bits per heavy atom. The Morgan fingerprint density at radius 1 is 1.57 bits per heavy atom. The molecule has 1 heterocycles. The van der Waals surface area contributed by atoms with Crippen LogP contribution in [0, 0.1) is 0 Å². The van der Waals surface area contributed by atoms with Gasteiger partial charge in [0.05, 0.1) is 12.3 Å². The third-order valence-corrected chi connectivity index (χ3v) is 2.44. The summed E-state index contributed by atoms with van der Waals surface area (Å²) in [5.74, 6) is 0.519. The molecule has 0 spiro atoms. The number of H-pyrrole nitrogens is 1. The van der Waals surface area contributed by atoms with E-state index in [1.807, 2.05) is 14.1 Å². The molecule has 5 nitrogen and oxygen atoms in total. The molecule has 0 radical (unpaired) electrons. The Bertz CT molecular complexity index is 375. The van der Waals surface area contributed by atoms with Gasteiger partial charge in [-0.25, -0.2) is 4.98 Å². The van der Waals surface area contributed by atoms with Crippen LogP contribution in [0.5, 0.6) is 0 Å². The minimum absolute atomic E-state index is 0.198. The van der Waals surface area contributed by atoms with Crippen molar-refractivity contribution in [3.8, 4) is 0 Å². The Hall–Kier alpha value is -0.880. The number of nitrogens with one attached hydrogen (secondary N) is 1. The highest BCUT2D eigenvalue weighted by atomic mass is 79.9. The minimum atomic E-state index is -0.198. The predicted octanol–water partition coefficient (Wildman–Crippen LogP) is 0.745. The fourth-order valence-corrected chi connectivity index (χ4v) is 1.24. The molecule has 0 bridgehead atoms. The van der Waals surface area contributed by atoms with Crippen molar-refractivity contribution in [2.75, 3.05) is 26.1 Å². The molecule has 0 amide bonds. The summed E-state index contributed by atoms with van der Waals surface area (Å²) in [6.45, 7) is 0.311. The first-order valence-electron chi connectivity index (χ1n) is 4.01. The molecule has 1 rings (SSSR count). The molecular formula is C8H12BrN3O2. The predicted molar refractivity (Wildman–Crippen MR) is 57.6 cm³/mol. The molecule has 1 N–H and O–H groups in total. The van der Waals surface area contributed by atoms with Gasteiger partial charge in [-0.1, -0.05) is 0 Å². The van der Waals surface area contributed by atoms with E-state index in [-0.39, 0.29) is 5.56 Å². The second-order valence-electron chi connectivity index (χ2n) is 2.98. The van der Waals surface area contributed by atoms with Gasteiger partial charge >= 0.3 is 0 Å². The molecule has 0 saturated carbocycles. The smallest absolute Gasteiger partial charge is 0.266 e. The number of rotatable bonds is 3. The first-order chi connectivity index (χ1) is 6.56. The topological polar surface area (TPSA) is 58.2 Å². The molecule has 1 aromatic heterocycles. The van der Waals surface area contributed by atoms with E-state index in [1.54, 1.807) is 12.0 Å². The van der Waals surface area contributed by atoms with Crippen LogP contribution in [0.1, 0.15) is 5.69 Å². The van der Waals surface area contributed by atoms with Crippen molar-refractivity contribution in [1.29, 1.82) is 0 Å². The number of nitrogens with zero attached hydrogens (tertiary/aromatic N) is 2. The molecular weight excluding hydrogens is 250 g/mol. The lowest BCUT2D eigenvalue weighted by atomic mass is 10.4. The van der Waals surface area contributed by atoms with Crippen molar-refractivity contribution in [3.63, 3.8) is 0 Å². The number of anilines is 1. The summed E-state index contributed by atoms with van der Waals surface area (Å²) >= 11 is 3.16. The van der Waals surface area contributed by atoms with Gasteiger partial charge in [0.1, 0.15) is 4.47 Å². The van der Waals surface area contributed by atoms with Crippen LogP contribution in [-0.4, -0.2) is 31.2 Å². The zero-order valence-electron chi connectivity index (χ0n) is 8.30. The number of hydrogen-bond donors (Lipinski definition) is 1. The lowest BCUT2D eigenvalue weighted by molar-refractivity contribution is 0.180. The first-order valence-corrected chi connectivity index (χ1v) is 4.80. The molecule has 0 fully saturated rings. The normalized spacial score (nSPS) is 10.3. The molecule has 78 valence electrons. The number of aromatic amines is 1. The number of methoxy groups -OCH3 is 1. The van der Waals surface area contributed by atoms with Crippen molar-refractivity contribution >= 4 is 21.9 Å². The molecule has 0 aliphatic heterocycles. The quantitative estimate of drug-likeness (QED) is 0.873. The molecule has 0 aliphatic rings. The minimum Gasteiger partial charge on any atom is -0.378 e. The summed E-state index contributed by atoms with van der Waals surface area (Å²) in [5, 5.41) is 0. The molecule has 1 aromatic rings. The highest BCUT2D eigenvalue weighted by molar-refractivity contribution is 9.10. The standard InChI is InChI=1S/C8H12BrN3O2/c1-12(2)8-10-5(4-14-3)6(9)7(13)11-8/h4H2,1-3H3,(H,10,11,13). The van der Waals surface area contributed by atoms with E-state index in [4.69, 9.17) is 4.74 Å². The van der Waals surface area contributed by atoms with Gasteiger partial charge in [-0.3, -0.25) is 9.78 Å². The Balaban J connectivity index is 3.21. The van der Waals surface area contributed by atoms with Crippen molar-refractivity contribution in [2.45, 2.75) is 6.61 Å². The SMILES string of the molecule is COCc1nc(N(C)C)[nH]c(=O)c1Br. The monoisotopic (exact) mass is 261 g/mol. The van der Waals surface area contributed by atoms with Crippen LogP contribution < -0.4 is 10.5 Å². The average Bonchev–Trinajstić information content (AvgIpc) is 2.12. The fourth-order valence-electron chi connectivity index (χ4n) is 0.936. The van der Waals surface area contributed by atoms with E-state index < -0.39 is 0 Å². The third-order valence-electron chi connectivity index (χ3n) is 1.62. The van der Waals surface area contributed by atoms with Crippen molar-refractivity contribution in [2.24, 2.45) is 0 Å². The number of halogens is 1. The lowest BCUT2D eigenvalue weighted by Crippen LogP contribution is -2.21. The van der Waals surface area contributed by atoms with Crippen LogP contribution >= 0.6 is 15.9 Å². The van der Waals surface area contributed by atoms with Crippen molar-refractivity contribution in [3.05, 3.63) is 20.5 Å². The first kappa shape index (κ1) is 11.2. The second kappa shape index (κ2) is 4.56. The highest BCUT2D eigenvalue weighted by Gasteiger charge is 2.09. The summed E-state index contributed by atoms with van der Waals surface area (Å²) < 4.78 is 5.36. The molecule has 14 heavy (non-hydrogen) atoms. The zero-order chi connectivity index (χ0) is 10.7. The van der Waals surface area contributed by atoms with Gasteiger partial charge in [0, 0.05) is 21.2 Å². The summed E-state index contributed by atoms with van der Waals surface area (Å²) in [6.07, 6.45) is 0. The van der Waals surface area contributed by atoms with Crippen LogP contribution in [0.15, 0.2) is 9.27 Å². The van der Waals surface area contributed by atoms with Crippen LogP contribution in [-0.2, 0) is 11.3 Å². The summed E-state index contributed by atoms with van der Waals surface area (Å²) in [5.41, 5.74) is 0.399. The number of ether oxygens (including phenoxy) is 1. The third kappa shape index (κ3) is 2.33. The van der Waals surface area contributed by atoms with Gasteiger partial charge in [0.15, 0.2) is 0 Å². The Kier molecular flexibility index (Phi) is 3.65. The zero-order valence-corrected chi connectivity index (χ0v) is 9.88. The molecule has 0 saturated heterocycles. The van der Waals surface area contributed by atoms with Crippen molar-refractivity contribution in [1.82, 2.24) is 9.97 Å². The van der Waals surface area contributed by atoms with Crippen molar-refractivity contribution < 1.29 is 4.74 Å². The van der Waals surface area contributed by atoms with E-state index in [2.05, 4.69) is 25.9 Å². The summed E-state index contributed by atoms with van der Waals surface area (Å²) in [6, 6.07) is 0. The van der Waals surface area contributed by atoms with E-state index in [0.29, 0.717) is 22.7 Å². The van der Waals surface area contributed by atoms with E-state index >= 15 is 0 Å². The van der Waals surface area contributed by atoms with Crippen LogP contribution in [0.4, 0.5) is 5.95 Å². The lowest BCUT2D eigenvalue weighted by Gasteiger charge is -2.12. The second-order valence-corrected chi connectivity index (χ2v) is 3.77. The maximum absolute atomic E-state index is 11.4. The van der Waals surface area contributed by atoms with Gasteiger partial charge in [-0.15, -0.1) is 0 Å². The average molecular weight is 262 g/mol.